The summed E-state index contributed by atoms with van der Waals surface area (Å²) in [6.45, 7) is 4.00. The van der Waals surface area contributed by atoms with Gasteiger partial charge in [0.05, 0.1) is 16.5 Å². The molecule has 0 radical (unpaired) electrons. The maximum Gasteiger partial charge on any atom is 0.269 e. The summed E-state index contributed by atoms with van der Waals surface area (Å²) in [6.07, 6.45) is 0.666. The fourth-order valence-corrected chi connectivity index (χ4v) is 3.32. The Kier molecular flexibility index (Phi) is 4.35. The normalized spacial score (nSPS) is 17.2. The van der Waals surface area contributed by atoms with Gasteiger partial charge in [-0.15, -0.1) is 0 Å². The van der Waals surface area contributed by atoms with Crippen LogP contribution in [0.3, 0.4) is 0 Å². The predicted octanol–water partition coefficient (Wildman–Crippen LogP) is 3.33. The van der Waals surface area contributed by atoms with Crippen LogP contribution in [-0.2, 0) is 16.0 Å². The van der Waals surface area contributed by atoms with Gasteiger partial charge in [-0.25, -0.2) is 0 Å². The van der Waals surface area contributed by atoms with E-state index >= 15 is 0 Å². The Morgan fingerprint density at radius 3 is 2.24 bits per heavy atom. The highest BCUT2D eigenvalue weighted by Crippen LogP contribution is 2.30. The van der Waals surface area contributed by atoms with E-state index in [2.05, 4.69) is 6.07 Å². The Morgan fingerprint density at radius 2 is 1.68 bits per heavy atom. The lowest BCUT2D eigenvalue weighted by Gasteiger charge is -2.15. The maximum atomic E-state index is 12.7. The Balaban J connectivity index is 1.81. The van der Waals surface area contributed by atoms with Crippen molar-refractivity contribution in [3.63, 3.8) is 0 Å². The molecule has 2 aromatic rings. The zero-order valence-electron chi connectivity index (χ0n) is 14.1. The Hall–Kier alpha value is -3.02. The minimum atomic E-state index is -0.514. The highest BCUT2D eigenvalue weighted by atomic mass is 16.6. The summed E-state index contributed by atoms with van der Waals surface area (Å²) >= 11 is 0. The molecule has 0 unspecified atom stereocenters. The van der Waals surface area contributed by atoms with Crippen molar-refractivity contribution < 1.29 is 14.5 Å². The van der Waals surface area contributed by atoms with Crippen LogP contribution in [0.2, 0.25) is 0 Å². The van der Waals surface area contributed by atoms with Gasteiger partial charge in [0.15, 0.2) is 0 Å². The second-order valence-electron chi connectivity index (χ2n) is 6.44. The van der Waals surface area contributed by atoms with Crippen molar-refractivity contribution in [3.8, 4) is 0 Å². The van der Waals surface area contributed by atoms with Gasteiger partial charge in [0.1, 0.15) is 0 Å². The first-order valence-corrected chi connectivity index (χ1v) is 8.03. The summed E-state index contributed by atoms with van der Waals surface area (Å²) in [4.78, 5) is 36.3. The fraction of sp³-hybridized carbons (Fsp3) is 0.263. The van der Waals surface area contributed by atoms with Crippen LogP contribution in [0.4, 0.5) is 11.4 Å². The molecule has 25 heavy (non-hydrogen) atoms. The van der Waals surface area contributed by atoms with E-state index in [9.17, 15) is 19.7 Å². The average molecular weight is 338 g/mol. The summed E-state index contributed by atoms with van der Waals surface area (Å²) in [7, 11) is 0. The number of hydrogen-bond donors (Lipinski definition) is 0. The highest BCUT2D eigenvalue weighted by molar-refractivity contribution is 6.21. The summed E-state index contributed by atoms with van der Waals surface area (Å²) in [6, 6.07) is 11.6. The molecule has 1 atom stereocenters. The molecular formula is C19H18N2O4. The molecule has 1 aliphatic rings. The van der Waals surface area contributed by atoms with Crippen molar-refractivity contribution >= 4 is 23.2 Å². The number of nitro groups is 1. The first kappa shape index (κ1) is 16.8. The van der Waals surface area contributed by atoms with Gasteiger partial charge in [-0.3, -0.25) is 24.6 Å². The van der Waals surface area contributed by atoms with E-state index in [1.807, 2.05) is 26.0 Å². The maximum absolute atomic E-state index is 12.7. The summed E-state index contributed by atoms with van der Waals surface area (Å²) in [5.41, 5.74) is 3.59. The van der Waals surface area contributed by atoms with Crippen molar-refractivity contribution in [1.82, 2.24) is 0 Å². The first-order chi connectivity index (χ1) is 11.8. The zero-order chi connectivity index (χ0) is 18.1. The number of nitro benzene ring substituents is 1. The van der Waals surface area contributed by atoms with Crippen molar-refractivity contribution in [1.29, 1.82) is 0 Å². The van der Waals surface area contributed by atoms with Crippen LogP contribution < -0.4 is 4.90 Å². The molecule has 1 saturated heterocycles. The minimum Gasteiger partial charge on any atom is -0.274 e. The molecule has 2 aromatic carbocycles. The molecule has 6 heteroatoms. The molecule has 0 bridgehead atoms. The van der Waals surface area contributed by atoms with Crippen LogP contribution in [-0.4, -0.2) is 16.7 Å². The van der Waals surface area contributed by atoms with Crippen molar-refractivity contribution in [2.45, 2.75) is 26.7 Å². The Morgan fingerprint density at radius 1 is 1.08 bits per heavy atom. The number of hydrogen-bond acceptors (Lipinski definition) is 4. The van der Waals surface area contributed by atoms with E-state index in [1.165, 1.54) is 24.3 Å². The summed E-state index contributed by atoms with van der Waals surface area (Å²) in [5.74, 6) is -0.921. The van der Waals surface area contributed by atoms with Crippen LogP contribution in [0.5, 0.6) is 0 Å². The standard InChI is InChI=1S/C19H18N2O4/c1-12-7-13(2)9-14(8-12)10-15-11-18(22)20(19(15)23)16-3-5-17(6-4-16)21(24)25/h3-9,15H,10-11H2,1-2H3/t15-/m0/s1. The van der Waals surface area contributed by atoms with Crippen LogP contribution in [0.1, 0.15) is 23.1 Å². The van der Waals surface area contributed by atoms with Crippen LogP contribution in [0.15, 0.2) is 42.5 Å². The number of amides is 2. The molecule has 0 spiro atoms. The third-order valence-electron chi connectivity index (χ3n) is 4.32. The van der Waals surface area contributed by atoms with E-state index < -0.39 is 10.8 Å². The van der Waals surface area contributed by atoms with Gasteiger partial charge >= 0.3 is 0 Å². The molecular weight excluding hydrogens is 320 g/mol. The van der Waals surface area contributed by atoms with Gasteiger partial charge in [0.25, 0.3) is 5.69 Å². The van der Waals surface area contributed by atoms with Gasteiger partial charge in [-0.2, -0.15) is 0 Å². The number of carbonyl (C=O) groups is 2. The first-order valence-electron chi connectivity index (χ1n) is 8.03. The number of imide groups is 1. The topological polar surface area (TPSA) is 80.5 Å². The SMILES string of the molecule is Cc1cc(C)cc(C[C@H]2CC(=O)N(c3ccc([N+](=O)[O-])cc3)C2=O)c1. The molecule has 1 heterocycles. The molecule has 0 aromatic heterocycles. The van der Waals surface area contributed by atoms with Gasteiger partial charge in [-0.05, 0) is 38.0 Å². The lowest BCUT2D eigenvalue weighted by Crippen LogP contribution is -2.30. The predicted molar refractivity (Wildman–Crippen MR) is 93.3 cm³/mol. The van der Waals surface area contributed by atoms with Crippen molar-refractivity contribution in [2.75, 3.05) is 4.90 Å². The van der Waals surface area contributed by atoms with Crippen LogP contribution >= 0.6 is 0 Å². The number of nitrogens with zero attached hydrogens (tertiary/aromatic N) is 2. The van der Waals surface area contributed by atoms with E-state index in [0.717, 1.165) is 21.6 Å². The third kappa shape index (κ3) is 3.42. The Labute approximate surface area is 145 Å². The lowest BCUT2D eigenvalue weighted by molar-refractivity contribution is -0.384. The number of anilines is 1. The number of benzene rings is 2. The quantitative estimate of drug-likeness (QED) is 0.486. The fourth-order valence-electron chi connectivity index (χ4n) is 3.32. The average Bonchev–Trinajstić information content (AvgIpc) is 2.80. The smallest absolute Gasteiger partial charge is 0.269 e. The summed E-state index contributed by atoms with van der Waals surface area (Å²) in [5, 5.41) is 10.7. The number of rotatable bonds is 4. The molecule has 0 aliphatic carbocycles. The third-order valence-corrected chi connectivity index (χ3v) is 4.32. The van der Waals surface area contributed by atoms with Crippen molar-refractivity contribution in [3.05, 3.63) is 69.3 Å². The second-order valence-corrected chi connectivity index (χ2v) is 6.44. The number of non-ortho nitro benzene ring substituents is 1. The molecule has 0 saturated carbocycles. The molecule has 128 valence electrons. The summed E-state index contributed by atoms with van der Waals surface area (Å²) < 4.78 is 0. The van der Waals surface area contributed by atoms with Gasteiger partial charge in [0.2, 0.25) is 11.8 Å². The molecule has 1 aliphatic heterocycles. The Bertz CT molecular complexity index is 838. The van der Waals surface area contributed by atoms with E-state index in [1.54, 1.807) is 0 Å². The van der Waals surface area contributed by atoms with Gasteiger partial charge < -0.3 is 0 Å². The molecule has 3 rings (SSSR count). The second kappa shape index (κ2) is 6.47. The van der Waals surface area contributed by atoms with Crippen LogP contribution in [0.25, 0.3) is 0 Å². The van der Waals surface area contributed by atoms with Crippen molar-refractivity contribution in [2.24, 2.45) is 5.92 Å². The number of carbonyl (C=O) groups excluding carboxylic acids is 2. The van der Waals surface area contributed by atoms with Gasteiger partial charge in [0, 0.05) is 18.6 Å². The molecule has 6 nitrogen and oxygen atoms in total. The monoisotopic (exact) mass is 338 g/mol. The number of aryl methyl sites for hydroxylation is 2. The zero-order valence-corrected chi connectivity index (χ0v) is 14.1. The lowest BCUT2D eigenvalue weighted by atomic mass is 9.95. The van der Waals surface area contributed by atoms with Gasteiger partial charge in [-0.1, -0.05) is 29.3 Å². The van der Waals surface area contributed by atoms with E-state index in [-0.39, 0.29) is 23.9 Å². The highest BCUT2D eigenvalue weighted by Gasteiger charge is 2.39. The largest absolute Gasteiger partial charge is 0.274 e. The molecule has 0 N–H and O–H groups in total. The molecule has 1 fully saturated rings. The van der Waals surface area contributed by atoms with E-state index in [4.69, 9.17) is 0 Å². The van der Waals surface area contributed by atoms with Crippen LogP contribution in [0, 0.1) is 29.9 Å². The van der Waals surface area contributed by atoms with E-state index in [0.29, 0.717) is 12.1 Å². The molecule has 2 amide bonds. The minimum absolute atomic E-state index is 0.0744.